The molecule has 1 unspecified atom stereocenters. The quantitative estimate of drug-likeness (QED) is 0.622. The molecular weight excluding hydrogens is 136 g/mol. The zero-order chi connectivity index (χ0) is 7.19. The van der Waals surface area contributed by atoms with E-state index in [0.717, 1.165) is 19.4 Å². The Labute approximate surface area is 58.8 Å². The lowest BCUT2D eigenvalue weighted by atomic mass is 9.96. The minimum atomic E-state index is -2.40. The Morgan fingerprint density at radius 2 is 1.80 bits per heavy atom. The summed E-state index contributed by atoms with van der Waals surface area (Å²) in [5, 5.41) is 2.76. The van der Waals surface area contributed by atoms with Crippen LogP contribution in [0.25, 0.3) is 0 Å². The normalized spacial score (nSPS) is 33.6. The topological polar surface area (TPSA) is 12.0 Å². The fourth-order valence-corrected chi connectivity index (χ4v) is 1.37. The van der Waals surface area contributed by atoms with E-state index in [-0.39, 0.29) is 5.92 Å². The maximum Gasteiger partial charge on any atom is 0.265 e. The summed E-state index contributed by atoms with van der Waals surface area (Å²) in [5.41, 5.74) is 0. The molecule has 0 aromatic rings. The minimum Gasteiger partial charge on any atom is -0.309 e. The van der Waals surface area contributed by atoms with Crippen LogP contribution >= 0.6 is 0 Å². The highest BCUT2D eigenvalue weighted by atomic mass is 19.3. The number of hydrogen-bond acceptors (Lipinski definition) is 1. The summed E-state index contributed by atoms with van der Waals surface area (Å²) in [5.74, 6) is -2.71. The molecular formula is C7H11F2N. The molecule has 1 atom stereocenters. The van der Waals surface area contributed by atoms with E-state index in [1.807, 2.05) is 0 Å². The van der Waals surface area contributed by atoms with Crippen LogP contribution in [0.15, 0.2) is 0 Å². The van der Waals surface area contributed by atoms with E-state index in [4.69, 9.17) is 0 Å². The van der Waals surface area contributed by atoms with E-state index >= 15 is 0 Å². The van der Waals surface area contributed by atoms with Gasteiger partial charge in [-0.15, -0.1) is 0 Å². The summed E-state index contributed by atoms with van der Waals surface area (Å²) in [6.45, 7) is 0.771. The Kier molecular flexibility index (Phi) is 1.24. The number of alkyl halides is 2. The van der Waals surface area contributed by atoms with Crippen molar-refractivity contribution in [3.63, 3.8) is 0 Å². The Morgan fingerprint density at radius 1 is 1.20 bits per heavy atom. The van der Waals surface area contributed by atoms with Crippen LogP contribution < -0.4 is 5.32 Å². The highest BCUT2D eigenvalue weighted by molar-refractivity contribution is 4.99. The van der Waals surface area contributed by atoms with Crippen LogP contribution in [0.5, 0.6) is 0 Å². The average Bonchev–Trinajstić information content (AvgIpc) is 2.32. The minimum absolute atomic E-state index is 0.301. The maximum absolute atomic E-state index is 13.0. The van der Waals surface area contributed by atoms with Gasteiger partial charge in [0.1, 0.15) is 0 Å². The summed E-state index contributed by atoms with van der Waals surface area (Å²) < 4.78 is 26.0. The predicted molar refractivity (Wildman–Crippen MR) is 34.1 cm³/mol. The Balaban J connectivity index is 1.97. The van der Waals surface area contributed by atoms with Crippen molar-refractivity contribution >= 4 is 0 Å². The molecule has 2 aliphatic rings. The molecule has 3 heteroatoms. The van der Waals surface area contributed by atoms with Crippen molar-refractivity contribution in [1.82, 2.24) is 5.32 Å². The number of halogens is 2. The van der Waals surface area contributed by atoms with Gasteiger partial charge in [-0.2, -0.15) is 0 Å². The maximum atomic E-state index is 13.0. The van der Waals surface area contributed by atoms with Gasteiger partial charge >= 0.3 is 0 Å². The molecule has 1 saturated carbocycles. The van der Waals surface area contributed by atoms with Crippen molar-refractivity contribution in [3.05, 3.63) is 0 Å². The van der Waals surface area contributed by atoms with Crippen LogP contribution in [-0.2, 0) is 0 Å². The SMILES string of the molecule is FC(F)(C1CC1)C1CCN1. The molecule has 0 bridgehead atoms. The van der Waals surface area contributed by atoms with E-state index in [9.17, 15) is 8.78 Å². The van der Waals surface area contributed by atoms with E-state index in [1.165, 1.54) is 0 Å². The van der Waals surface area contributed by atoms with E-state index in [2.05, 4.69) is 5.32 Å². The first kappa shape index (κ1) is 6.53. The molecule has 1 heterocycles. The molecule has 0 aromatic heterocycles. The fraction of sp³-hybridized carbons (Fsp3) is 1.00. The van der Waals surface area contributed by atoms with Gasteiger partial charge in [0.05, 0.1) is 6.04 Å². The van der Waals surface area contributed by atoms with Gasteiger partial charge < -0.3 is 5.32 Å². The van der Waals surface area contributed by atoms with Crippen molar-refractivity contribution in [2.24, 2.45) is 5.92 Å². The highest BCUT2D eigenvalue weighted by Gasteiger charge is 2.53. The fourth-order valence-electron chi connectivity index (χ4n) is 1.37. The van der Waals surface area contributed by atoms with Crippen molar-refractivity contribution in [2.75, 3.05) is 6.54 Å². The molecule has 2 fully saturated rings. The lowest BCUT2D eigenvalue weighted by Gasteiger charge is -2.34. The second kappa shape index (κ2) is 1.91. The monoisotopic (exact) mass is 147 g/mol. The van der Waals surface area contributed by atoms with Crippen molar-refractivity contribution in [1.29, 1.82) is 0 Å². The second-order valence-corrected chi connectivity index (χ2v) is 3.24. The summed E-state index contributed by atoms with van der Waals surface area (Å²) in [4.78, 5) is 0. The van der Waals surface area contributed by atoms with Crippen molar-refractivity contribution in [2.45, 2.75) is 31.2 Å². The smallest absolute Gasteiger partial charge is 0.265 e. The molecule has 1 aliphatic carbocycles. The molecule has 0 spiro atoms. The number of hydrogen-bond donors (Lipinski definition) is 1. The lowest BCUT2D eigenvalue weighted by molar-refractivity contribution is -0.0773. The van der Waals surface area contributed by atoms with Crippen LogP contribution in [-0.4, -0.2) is 18.5 Å². The molecule has 0 aromatic carbocycles. The molecule has 1 aliphatic heterocycles. The van der Waals surface area contributed by atoms with E-state index in [0.29, 0.717) is 6.42 Å². The van der Waals surface area contributed by atoms with Crippen LogP contribution in [0.2, 0.25) is 0 Å². The largest absolute Gasteiger partial charge is 0.309 e. The van der Waals surface area contributed by atoms with Crippen LogP contribution in [0, 0.1) is 5.92 Å². The molecule has 0 radical (unpaired) electrons. The third-order valence-electron chi connectivity index (χ3n) is 2.41. The third kappa shape index (κ3) is 0.839. The molecule has 1 nitrogen and oxygen atoms in total. The lowest BCUT2D eigenvalue weighted by Crippen LogP contribution is -2.55. The van der Waals surface area contributed by atoms with E-state index in [1.54, 1.807) is 0 Å². The second-order valence-electron chi connectivity index (χ2n) is 3.24. The first-order valence-corrected chi connectivity index (χ1v) is 3.82. The summed E-state index contributed by atoms with van der Waals surface area (Å²) in [6.07, 6.45) is 2.11. The Hall–Kier alpha value is -0.180. The Bertz CT molecular complexity index is 139. The molecule has 10 heavy (non-hydrogen) atoms. The van der Waals surface area contributed by atoms with Gasteiger partial charge in [-0.1, -0.05) is 0 Å². The zero-order valence-electron chi connectivity index (χ0n) is 5.74. The summed E-state index contributed by atoms with van der Waals surface area (Å²) in [6, 6.07) is -0.500. The van der Waals surface area contributed by atoms with Crippen LogP contribution in [0.3, 0.4) is 0 Å². The van der Waals surface area contributed by atoms with E-state index < -0.39 is 12.0 Å². The average molecular weight is 147 g/mol. The number of rotatable bonds is 2. The van der Waals surface area contributed by atoms with Gasteiger partial charge in [-0.05, 0) is 25.8 Å². The highest BCUT2D eigenvalue weighted by Crippen LogP contribution is 2.46. The molecule has 58 valence electrons. The van der Waals surface area contributed by atoms with Crippen LogP contribution in [0.4, 0.5) is 8.78 Å². The van der Waals surface area contributed by atoms with Crippen molar-refractivity contribution < 1.29 is 8.78 Å². The third-order valence-corrected chi connectivity index (χ3v) is 2.41. The van der Waals surface area contributed by atoms with Gasteiger partial charge in [0.15, 0.2) is 0 Å². The van der Waals surface area contributed by atoms with Gasteiger partial charge in [-0.3, -0.25) is 0 Å². The summed E-state index contributed by atoms with van der Waals surface area (Å²) in [7, 11) is 0. The van der Waals surface area contributed by atoms with Gasteiger partial charge in [0, 0.05) is 5.92 Å². The first-order valence-electron chi connectivity index (χ1n) is 3.82. The Morgan fingerprint density at radius 3 is 2.10 bits per heavy atom. The van der Waals surface area contributed by atoms with Gasteiger partial charge in [-0.25, -0.2) is 8.78 Å². The first-order chi connectivity index (χ1) is 4.71. The molecule has 0 amide bonds. The van der Waals surface area contributed by atoms with Crippen LogP contribution in [0.1, 0.15) is 19.3 Å². The van der Waals surface area contributed by atoms with Crippen molar-refractivity contribution in [3.8, 4) is 0 Å². The predicted octanol–water partition coefficient (Wildman–Crippen LogP) is 1.39. The van der Waals surface area contributed by atoms with Gasteiger partial charge in [0.25, 0.3) is 5.92 Å². The molecule has 1 N–H and O–H groups in total. The standard InChI is InChI=1S/C7H11F2N/c8-7(9,5-1-2-5)6-3-4-10-6/h5-6,10H,1-4H2. The van der Waals surface area contributed by atoms with Gasteiger partial charge in [0.2, 0.25) is 0 Å². The summed E-state index contributed by atoms with van der Waals surface area (Å²) >= 11 is 0. The zero-order valence-corrected chi connectivity index (χ0v) is 5.74. The molecule has 2 rings (SSSR count). The molecule has 1 saturated heterocycles. The number of nitrogens with one attached hydrogen (secondary N) is 1.